The van der Waals surface area contributed by atoms with Crippen LogP contribution in [0.25, 0.3) is 10.9 Å². The molecule has 0 atom stereocenters. The van der Waals surface area contributed by atoms with Gasteiger partial charge in [-0.25, -0.2) is 0 Å². The van der Waals surface area contributed by atoms with Crippen molar-refractivity contribution in [2.45, 2.75) is 6.61 Å². The van der Waals surface area contributed by atoms with Gasteiger partial charge in [0.25, 0.3) is 0 Å². The highest BCUT2D eigenvalue weighted by Crippen LogP contribution is 2.21. The number of aryl methyl sites for hydroxylation is 1. The van der Waals surface area contributed by atoms with Gasteiger partial charge in [0.2, 0.25) is 0 Å². The largest absolute Gasteiger partial charge is 0.486 e. The van der Waals surface area contributed by atoms with E-state index in [-0.39, 0.29) is 0 Å². The Morgan fingerprint density at radius 3 is 2.75 bits per heavy atom. The monoisotopic (exact) mass is 263 g/mol. The third kappa shape index (κ3) is 2.10. The van der Waals surface area contributed by atoms with Gasteiger partial charge in [-0.05, 0) is 18.2 Å². The van der Waals surface area contributed by atoms with Crippen LogP contribution in [0, 0.1) is 11.3 Å². The van der Waals surface area contributed by atoms with Crippen LogP contribution < -0.4 is 4.74 Å². The van der Waals surface area contributed by atoms with Crippen LogP contribution in [0.2, 0.25) is 0 Å². The van der Waals surface area contributed by atoms with Crippen molar-refractivity contribution in [2.24, 2.45) is 7.05 Å². The third-order valence-corrected chi connectivity index (χ3v) is 3.21. The van der Waals surface area contributed by atoms with E-state index in [1.54, 1.807) is 12.1 Å². The van der Waals surface area contributed by atoms with Gasteiger partial charge < -0.3 is 4.74 Å². The summed E-state index contributed by atoms with van der Waals surface area (Å²) in [5, 5.41) is 14.6. The molecule has 0 aliphatic carbocycles. The summed E-state index contributed by atoms with van der Waals surface area (Å²) in [6.45, 7) is 0.347. The van der Waals surface area contributed by atoms with Crippen LogP contribution in [0.3, 0.4) is 0 Å². The molecule has 0 amide bonds. The van der Waals surface area contributed by atoms with Crippen LogP contribution in [0.4, 0.5) is 0 Å². The zero-order valence-electron chi connectivity index (χ0n) is 11.1. The van der Waals surface area contributed by atoms with Gasteiger partial charge >= 0.3 is 0 Å². The second kappa shape index (κ2) is 5.06. The number of nitrogens with zero attached hydrogens (tertiary/aromatic N) is 3. The minimum atomic E-state index is 0.347. The molecule has 4 nitrogen and oxygen atoms in total. The van der Waals surface area contributed by atoms with Crippen molar-refractivity contribution >= 4 is 10.9 Å². The standard InChI is InChI=1S/C16H13N3O/c1-19-15-8-4-3-7-13(15)14(18-19)11-20-16-9-5-2-6-12(16)10-17/h2-9H,11H2,1H3. The highest BCUT2D eigenvalue weighted by atomic mass is 16.5. The second-order valence-electron chi connectivity index (χ2n) is 4.48. The lowest BCUT2D eigenvalue weighted by Gasteiger charge is -2.05. The van der Waals surface area contributed by atoms with Gasteiger partial charge in [-0.1, -0.05) is 30.3 Å². The molecule has 0 aliphatic rings. The summed E-state index contributed by atoms with van der Waals surface area (Å²) >= 11 is 0. The van der Waals surface area contributed by atoms with Crippen LogP contribution in [0.1, 0.15) is 11.3 Å². The molecule has 4 heteroatoms. The molecule has 0 fully saturated rings. The quantitative estimate of drug-likeness (QED) is 0.729. The van der Waals surface area contributed by atoms with Crippen LogP contribution >= 0.6 is 0 Å². The second-order valence-corrected chi connectivity index (χ2v) is 4.48. The van der Waals surface area contributed by atoms with E-state index in [1.807, 2.05) is 48.1 Å². The Morgan fingerprint density at radius 2 is 1.90 bits per heavy atom. The maximum absolute atomic E-state index is 9.04. The van der Waals surface area contributed by atoms with Crippen LogP contribution in [-0.4, -0.2) is 9.78 Å². The van der Waals surface area contributed by atoms with Gasteiger partial charge in [0, 0.05) is 12.4 Å². The van der Waals surface area contributed by atoms with E-state index in [1.165, 1.54) is 0 Å². The topological polar surface area (TPSA) is 50.8 Å². The Hall–Kier alpha value is -2.80. The molecule has 0 N–H and O–H groups in total. The third-order valence-electron chi connectivity index (χ3n) is 3.21. The first-order chi connectivity index (χ1) is 9.79. The summed E-state index contributed by atoms with van der Waals surface area (Å²) in [6.07, 6.45) is 0. The molecule has 0 radical (unpaired) electrons. The Bertz CT molecular complexity index is 799. The van der Waals surface area contributed by atoms with E-state index in [2.05, 4.69) is 11.2 Å². The number of hydrogen-bond acceptors (Lipinski definition) is 3. The van der Waals surface area contributed by atoms with Crippen LogP contribution in [0.15, 0.2) is 48.5 Å². The lowest BCUT2D eigenvalue weighted by Crippen LogP contribution is -1.99. The van der Waals surface area contributed by atoms with Crippen molar-refractivity contribution in [3.63, 3.8) is 0 Å². The van der Waals surface area contributed by atoms with Crippen LogP contribution in [0.5, 0.6) is 5.75 Å². The Labute approximate surface area is 116 Å². The van der Waals surface area contributed by atoms with Crippen molar-refractivity contribution in [2.75, 3.05) is 0 Å². The lowest BCUT2D eigenvalue weighted by atomic mass is 10.2. The van der Waals surface area contributed by atoms with Crippen molar-refractivity contribution in [1.29, 1.82) is 5.26 Å². The van der Waals surface area contributed by atoms with Gasteiger partial charge in [0.05, 0.1) is 11.1 Å². The Balaban J connectivity index is 1.89. The number of nitriles is 1. The molecule has 2 aromatic carbocycles. The maximum Gasteiger partial charge on any atom is 0.137 e. The van der Waals surface area contributed by atoms with Gasteiger partial charge in [-0.15, -0.1) is 0 Å². The van der Waals surface area contributed by atoms with E-state index in [0.717, 1.165) is 16.6 Å². The normalized spacial score (nSPS) is 10.4. The molecule has 0 saturated carbocycles. The fraction of sp³-hybridized carbons (Fsp3) is 0.125. The van der Waals surface area contributed by atoms with Crippen molar-refractivity contribution in [1.82, 2.24) is 9.78 Å². The SMILES string of the molecule is Cn1nc(COc2ccccc2C#N)c2ccccc21. The molecule has 3 aromatic rings. The van der Waals surface area contributed by atoms with Gasteiger partial charge in [-0.3, -0.25) is 4.68 Å². The molecule has 0 saturated heterocycles. The van der Waals surface area contributed by atoms with Crippen molar-refractivity contribution < 1.29 is 4.74 Å². The maximum atomic E-state index is 9.04. The zero-order valence-corrected chi connectivity index (χ0v) is 11.1. The molecule has 0 aliphatic heterocycles. The Kier molecular flexibility index (Phi) is 3.10. The average Bonchev–Trinajstić information content (AvgIpc) is 2.82. The van der Waals surface area contributed by atoms with E-state index in [4.69, 9.17) is 10.00 Å². The molecule has 0 unspecified atom stereocenters. The first-order valence-electron chi connectivity index (χ1n) is 6.32. The van der Waals surface area contributed by atoms with Gasteiger partial charge in [0.15, 0.2) is 0 Å². The van der Waals surface area contributed by atoms with E-state index < -0.39 is 0 Å². The smallest absolute Gasteiger partial charge is 0.137 e. The average molecular weight is 263 g/mol. The molecule has 98 valence electrons. The summed E-state index contributed by atoms with van der Waals surface area (Å²) in [5.41, 5.74) is 2.48. The predicted molar refractivity (Wildman–Crippen MR) is 76.2 cm³/mol. The zero-order chi connectivity index (χ0) is 13.9. The fourth-order valence-electron chi connectivity index (χ4n) is 2.23. The van der Waals surface area contributed by atoms with Crippen molar-refractivity contribution in [3.8, 4) is 11.8 Å². The summed E-state index contributed by atoms with van der Waals surface area (Å²) in [7, 11) is 1.91. The molecule has 1 aromatic heterocycles. The summed E-state index contributed by atoms with van der Waals surface area (Å²) in [6, 6.07) is 17.4. The number of aromatic nitrogens is 2. The number of hydrogen-bond donors (Lipinski definition) is 0. The molecular weight excluding hydrogens is 250 g/mol. The summed E-state index contributed by atoms with van der Waals surface area (Å²) < 4.78 is 7.57. The van der Waals surface area contributed by atoms with Crippen molar-refractivity contribution in [3.05, 3.63) is 59.8 Å². The minimum Gasteiger partial charge on any atom is -0.486 e. The van der Waals surface area contributed by atoms with Gasteiger partial charge in [0.1, 0.15) is 24.1 Å². The first kappa shape index (κ1) is 12.2. The number of benzene rings is 2. The molecule has 3 rings (SSSR count). The summed E-state index contributed by atoms with van der Waals surface area (Å²) in [4.78, 5) is 0. The molecule has 20 heavy (non-hydrogen) atoms. The van der Waals surface area contributed by atoms with E-state index >= 15 is 0 Å². The highest BCUT2D eigenvalue weighted by Gasteiger charge is 2.09. The number of ether oxygens (including phenoxy) is 1. The molecule has 0 spiro atoms. The molecule has 0 bridgehead atoms. The summed E-state index contributed by atoms with van der Waals surface area (Å²) in [5.74, 6) is 0.588. The predicted octanol–water partition coefficient (Wildman–Crippen LogP) is 3.02. The molecule has 1 heterocycles. The minimum absolute atomic E-state index is 0.347. The highest BCUT2D eigenvalue weighted by molar-refractivity contribution is 5.81. The lowest BCUT2D eigenvalue weighted by molar-refractivity contribution is 0.300. The first-order valence-corrected chi connectivity index (χ1v) is 6.32. The number of para-hydroxylation sites is 2. The number of fused-ring (bicyclic) bond motifs is 1. The fourth-order valence-corrected chi connectivity index (χ4v) is 2.23. The Morgan fingerprint density at radius 1 is 1.15 bits per heavy atom. The van der Waals surface area contributed by atoms with Gasteiger partial charge in [-0.2, -0.15) is 10.4 Å². The molecular formula is C16H13N3O. The van der Waals surface area contributed by atoms with E-state index in [9.17, 15) is 0 Å². The van der Waals surface area contributed by atoms with E-state index in [0.29, 0.717) is 17.9 Å². The van der Waals surface area contributed by atoms with Crippen LogP contribution in [-0.2, 0) is 13.7 Å². The number of rotatable bonds is 3.